The van der Waals surface area contributed by atoms with Gasteiger partial charge < -0.3 is 20.1 Å². The van der Waals surface area contributed by atoms with E-state index in [-0.39, 0.29) is 24.6 Å². The van der Waals surface area contributed by atoms with Crippen LogP contribution in [-0.2, 0) is 14.3 Å². The second-order valence-electron chi connectivity index (χ2n) is 4.71. The molecule has 7 heteroatoms. The molecular formula is C13H20N4O3. The number of carbonyl (C=O) groups excluding carboxylic acids is 1. The highest BCUT2D eigenvalue weighted by Gasteiger charge is 2.27. The Bertz CT molecular complexity index is 455. The standard InChI is InChI=1S/C13H20N4O3/c1-9-14-5-3-12(15-9)16-11-7-20-6-4-10(11)17-13(18)8-19-2/h3,5,10-11H,4,6-8H2,1-2H3,(H,17,18)(H,14,15,16)/t10-,11+/m0/s1. The first-order valence-electron chi connectivity index (χ1n) is 6.61. The van der Waals surface area contributed by atoms with Crippen LogP contribution < -0.4 is 10.6 Å². The number of aromatic nitrogens is 2. The van der Waals surface area contributed by atoms with Crippen molar-refractivity contribution in [1.82, 2.24) is 15.3 Å². The number of amides is 1. The van der Waals surface area contributed by atoms with E-state index in [1.807, 2.05) is 6.92 Å². The first kappa shape index (κ1) is 14.7. The molecule has 1 aliphatic heterocycles. The van der Waals surface area contributed by atoms with Crippen LogP contribution in [0.25, 0.3) is 0 Å². The molecule has 0 radical (unpaired) electrons. The lowest BCUT2D eigenvalue weighted by Crippen LogP contribution is -2.53. The number of ether oxygens (including phenoxy) is 2. The van der Waals surface area contributed by atoms with Crippen LogP contribution in [0.3, 0.4) is 0 Å². The molecule has 2 atom stereocenters. The fraction of sp³-hybridized carbons (Fsp3) is 0.615. The van der Waals surface area contributed by atoms with Crippen molar-refractivity contribution >= 4 is 11.7 Å². The van der Waals surface area contributed by atoms with Crippen molar-refractivity contribution in [3.05, 3.63) is 18.1 Å². The van der Waals surface area contributed by atoms with Crippen molar-refractivity contribution in [1.29, 1.82) is 0 Å². The van der Waals surface area contributed by atoms with E-state index in [0.29, 0.717) is 19.0 Å². The minimum absolute atomic E-state index is 0.00155. The molecule has 0 spiro atoms. The highest BCUT2D eigenvalue weighted by molar-refractivity contribution is 5.77. The molecule has 1 amide bonds. The van der Waals surface area contributed by atoms with Crippen LogP contribution in [-0.4, -0.2) is 54.9 Å². The van der Waals surface area contributed by atoms with Gasteiger partial charge in [0.05, 0.1) is 18.7 Å². The number of carbonyl (C=O) groups is 1. The van der Waals surface area contributed by atoms with Gasteiger partial charge in [0, 0.05) is 19.9 Å². The molecule has 0 aliphatic carbocycles. The number of aryl methyl sites for hydroxylation is 1. The predicted molar refractivity (Wildman–Crippen MR) is 73.4 cm³/mol. The summed E-state index contributed by atoms with van der Waals surface area (Å²) in [6, 6.07) is 1.79. The van der Waals surface area contributed by atoms with E-state index in [9.17, 15) is 4.79 Å². The van der Waals surface area contributed by atoms with Gasteiger partial charge in [-0.15, -0.1) is 0 Å². The Morgan fingerprint density at radius 3 is 3.15 bits per heavy atom. The van der Waals surface area contributed by atoms with Crippen LogP contribution in [0, 0.1) is 6.92 Å². The van der Waals surface area contributed by atoms with Crippen molar-refractivity contribution in [3.63, 3.8) is 0 Å². The molecule has 1 fully saturated rings. The third kappa shape index (κ3) is 4.14. The van der Waals surface area contributed by atoms with E-state index >= 15 is 0 Å². The molecule has 110 valence electrons. The fourth-order valence-corrected chi connectivity index (χ4v) is 2.16. The van der Waals surface area contributed by atoms with E-state index in [4.69, 9.17) is 9.47 Å². The molecule has 1 aromatic rings. The zero-order chi connectivity index (χ0) is 14.4. The minimum atomic E-state index is -0.120. The van der Waals surface area contributed by atoms with Gasteiger partial charge in [-0.3, -0.25) is 4.79 Å². The SMILES string of the molecule is COCC(=O)N[C@H]1CCOC[C@H]1Nc1ccnc(C)n1. The van der Waals surface area contributed by atoms with Crippen LogP contribution in [0.1, 0.15) is 12.2 Å². The summed E-state index contributed by atoms with van der Waals surface area (Å²) >= 11 is 0. The minimum Gasteiger partial charge on any atom is -0.379 e. The summed E-state index contributed by atoms with van der Waals surface area (Å²) in [5, 5.41) is 6.24. The van der Waals surface area contributed by atoms with Gasteiger partial charge in [0.15, 0.2) is 0 Å². The smallest absolute Gasteiger partial charge is 0.246 e. The van der Waals surface area contributed by atoms with Crippen LogP contribution in [0.5, 0.6) is 0 Å². The van der Waals surface area contributed by atoms with Crippen LogP contribution in [0.4, 0.5) is 5.82 Å². The summed E-state index contributed by atoms with van der Waals surface area (Å²) in [4.78, 5) is 20.0. The number of rotatable bonds is 5. The highest BCUT2D eigenvalue weighted by atomic mass is 16.5. The maximum absolute atomic E-state index is 11.6. The molecule has 0 unspecified atom stereocenters. The Labute approximate surface area is 118 Å². The Morgan fingerprint density at radius 2 is 2.40 bits per heavy atom. The van der Waals surface area contributed by atoms with Gasteiger partial charge in [-0.1, -0.05) is 0 Å². The lowest BCUT2D eigenvalue weighted by Gasteiger charge is -2.33. The topological polar surface area (TPSA) is 85.4 Å². The maximum atomic E-state index is 11.6. The molecule has 0 saturated carbocycles. The number of methoxy groups -OCH3 is 1. The molecule has 2 heterocycles. The molecule has 2 rings (SSSR count). The fourth-order valence-electron chi connectivity index (χ4n) is 2.16. The summed E-state index contributed by atoms with van der Waals surface area (Å²) in [7, 11) is 1.50. The average Bonchev–Trinajstić information content (AvgIpc) is 2.41. The second kappa shape index (κ2) is 7.16. The summed E-state index contributed by atoms with van der Waals surface area (Å²) < 4.78 is 10.3. The maximum Gasteiger partial charge on any atom is 0.246 e. The van der Waals surface area contributed by atoms with Crippen molar-refractivity contribution in [2.75, 3.05) is 32.2 Å². The first-order chi connectivity index (χ1) is 9.69. The van der Waals surface area contributed by atoms with Crippen LogP contribution in [0.2, 0.25) is 0 Å². The summed E-state index contributed by atoms with van der Waals surface area (Å²) in [5.41, 5.74) is 0. The third-order valence-corrected chi connectivity index (χ3v) is 3.09. The zero-order valence-electron chi connectivity index (χ0n) is 11.8. The second-order valence-corrected chi connectivity index (χ2v) is 4.71. The molecular weight excluding hydrogens is 260 g/mol. The predicted octanol–water partition coefficient (Wildman–Crippen LogP) is 0.117. The van der Waals surface area contributed by atoms with Gasteiger partial charge in [-0.25, -0.2) is 9.97 Å². The van der Waals surface area contributed by atoms with Gasteiger partial charge in [-0.05, 0) is 19.4 Å². The summed E-state index contributed by atoms with van der Waals surface area (Å²) in [6.07, 6.45) is 2.46. The van der Waals surface area contributed by atoms with Gasteiger partial charge in [-0.2, -0.15) is 0 Å². The summed E-state index contributed by atoms with van der Waals surface area (Å²) in [6.45, 7) is 3.07. The quantitative estimate of drug-likeness (QED) is 0.796. The van der Waals surface area contributed by atoms with E-state index < -0.39 is 0 Å². The number of nitrogens with zero attached hydrogens (tertiary/aromatic N) is 2. The van der Waals surface area contributed by atoms with E-state index in [1.54, 1.807) is 12.3 Å². The molecule has 0 bridgehead atoms. The number of hydrogen-bond acceptors (Lipinski definition) is 6. The molecule has 20 heavy (non-hydrogen) atoms. The average molecular weight is 280 g/mol. The normalized spacial score (nSPS) is 22.3. The van der Waals surface area contributed by atoms with Crippen molar-refractivity contribution in [3.8, 4) is 0 Å². The number of nitrogens with one attached hydrogen (secondary N) is 2. The van der Waals surface area contributed by atoms with Gasteiger partial charge in [0.25, 0.3) is 0 Å². The molecule has 1 saturated heterocycles. The van der Waals surface area contributed by atoms with E-state index in [2.05, 4.69) is 20.6 Å². The molecule has 2 N–H and O–H groups in total. The van der Waals surface area contributed by atoms with Crippen molar-refractivity contribution in [2.24, 2.45) is 0 Å². The Kier molecular flexibility index (Phi) is 5.25. The zero-order valence-corrected chi connectivity index (χ0v) is 11.8. The number of anilines is 1. The molecule has 7 nitrogen and oxygen atoms in total. The van der Waals surface area contributed by atoms with Crippen LogP contribution >= 0.6 is 0 Å². The highest BCUT2D eigenvalue weighted by Crippen LogP contribution is 2.13. The molecule has 0 aromatic carbocycles. The molecule has 1 aliphatic rings. The Hall–Kier alpha value is -1.73. The van der Waals surface area contributed by atoms with Crippen LogP contribution in [0.15, 0.2) is 12.3 Å². The van der Waals surface area contributed by atoms with Gasteiger partial charge in [0.1, 0.15) is 18.2 Å². The van der Waals surface area contributed by atoms with Gasteiger partial charge in [0.2, 0.25) is 5.91 Å². The summed E-state index contributed by atoms with van der Waals surface area (Å²) in [5.74, 6) is 1.32. The monoisotopic (exact) mass is 280 g/mol. The van der Waals surface area contributed by atoms with E-state index in [1.165, 1.54) is 7.11 Å². The first-order valence-corrected chi connectivity index (χ1v) is 6.61. The number of hydrogen-bond donors (Lipinski definition) is 2. The van der Waals surface area contributed by atoms with Crippen molar-refractivity contribution < 1.29 is 14.3 Å². The lowest BCUT2D eigenvalue weighted by atomic mass is 10.0. The van der Waals surface area contributed by atoms with Crippen molar-refractivity contribution in [2.45, 2.75) is 25.4 Å². The Balaban J connectivity index is 1.97. The third-order valence-electron chi connectivity index (χ3n) is 3.09. The van der Waals surface area contributed by atoms with Gasteiger partial charge >= 0.3 is 0 Å². The molecule has 1 aromatic heterocycles. The largest absolute Gasteiger partial charge is 0.379 e. The Morgan fingerprint density at radius 1 is 1.55 bits per heavy atom. The van der Waals surface area contributed by atoms with E-state index in [0.717, 1.165) is 12.2 Å². The lowest BCUT2D eigenvalue weighted by molar-refractivity contribution is -0.126.